The SMILES string of the molecule is CCOC(=O)CN(CC(=O)NC1CCOCC1)C1CC1. The largest absolute Gasteiger partial charge is 0.465 e. The van der Waals surface area contributed by atoms with Crippen LogP contribution in [0.5, 0.6) is 0 Å². The van der Waals surface area contributed by atoms with E-state index in [1.54, 1.807) is 6.92 Å². The number of rotatable bonds is 7. The van der Waals surface area contributed by atoms with Gasteiger partial charge < -0.3 is 14.8 Å². The van der Waals surface area contributed by atoms with E-state index in [0.717, 1.165) is 25.7 Å². The molecule has 2 rings (SSSR count). The van der Waals surface area contributed by atoms with Gasteiger partial charge in [0, 0.05) is 25.3 Å². The number of carbonyl (C=O) groups excluding carboxylic acids is 2. The number of hydrogen-bond donors (Lipinski definition) is 1. The molecule has 2 aliphatic rings. The lowest BCUT2D eigenvalue weighted by atomic mass is 10.1. The number of hydrogen-bond acceptors (Lipinski definition) is 5. The quantitative estimate of drug-likeness (QED) is 0.681. The second kappa shape index (κ2) is 7.59. The van der Waals surface area contributed by atoms with Crippen molar-refractivity contribution in [1.29, 1.82) is 0 Å². The molecule has 1 saturated heterocycles. The lowest BCUT2D eigenvalue weighted by Crippen LogP contribution is -2.46. The molecule has 1 aliphatic heterocycles. The molecule has 1 aliphatic carbocycles. The predicted octanol–water partition coefficient (Wildman–Crippen LogP) is 0.309. The minimum atomic E-state index is -0.252. The molecule has 1 N–H and O–H groups in total. The molecule has 1 amide bonds. The molecule has 114 valence electrons. The summed E-state index contributed by atoms with van der Waals surface area (Å²) in [5.74, 6) is -0.258. The normalized spacial score (nSPS) is 19.9. The Morgan fingerprint density at radius 2 is 1.90 bits per heavy atom. The van der Waals surface area contributed by atoms with Crippen LogP contribution in [0.4, 0.5) is 0 Å². The van der Waals surface area contributed by atoms with Crippen molar-refractivity contribution in [2.24, 2.45) is 0 Å². The molecule has 0 radical (unpaired) electrons. The van der Waals surface area contributed by atoms with Crippen LogP contribution in [0.15, 0.2) is 0 Å². The fourth-order valence-electron chi connectivity index (χ4n) is 2.43. The lowest BCUT2D eigenvalue weighted by molar-refractivity contribution is -0.144. The molecule has 20 heavy (non-hydrogen) atoms. The molecule has 0 aromatic heterocycles. The Labute approximate surface area is 119 Å². The fraction of sp³-hybridized carbons (Fsp3) is 0.857. The van der Waals surface area contributed by atoms with Gasteiger partial charge in [-0.3, -0.25) is 14.5 Å². The number of nitrogens with one attached hydrogen (secondary N) is 1. The zero-order chi connectivity index (χ0) is 14.4. The molecule has 0 unspecified atom stereocenters. The van der Waals surface area contributed by atoms with Crippen LogP contribution in [-0.2, 0) is 19.1 Å². The summed E-state index contributed by atoms with van der Waals surface area (Å²) >= 11 is 0. The first kappa shape index (κ1) is 15.3. The molecule has 0 spiro atoms. The zero-order valence-electron chi connectivity index (χ0n) is 12.1. The van der Waals surface area contributed by atoms with E-state index in [1.165, 1.54) is 0 Å². The van der Waals surface area contributed by atoms with Crippen molar-refractivity contribution >= 4 is 11.9 Å². The van der Waals surface area contributed by atoms with E-state index >= 15 is 0 Å². The van der Waals surface area contributed by atoms with E-state index in [-0.39, 0.29) is 31.0 Å². The highest BCUT2D eigenvalue weighted by Gasteiger charge is 2.32. The predicted molar refractivity (Wildman–Crippen MR) is 73.2 cm³/mol. The van der Waals surface area contributed by atoms with E-state index in [9.17, 15) is 9.59 Å². The maximum Gasteiger partial charge on any atom is 0.320 e. The fourth-order valence-corrected chi connectivity index (χ4v) is 2.43. The van der Waals surface area contributed by atoms with Crippen molar-refractivity contribution in [3.05, 3.63) is 0 Å². The van der Waals surface area contributed by atoms with Crippen molar-refractivity contribution in [2.45, 2.75) is 44.7 Å². The molecular weight excluding hydrogens is 260 g/mol. The summed E-state index contributed by atoms with van der Waals surface area (Å²) in [6, 6.07) is 0.569. The Morgan fingerprint density at radius 3 is 2.50 bits per heavy atom. The van der Waals surface area contributed by atoms with Gasteiger partial charge in [-0.25, -0.2) is 0 Å². The second-order valence-corrected chi connectivity index (χ2v) is 5.40. The van der Waals surface area contributed by atoms with Gasteiger partial charge in [0.1, 0.15) is 0 Å². The van der Waals surface area contributed by atoms with Crippen molar-refractivity contribution in [3.8, 4) is 0 Å². The van der Waals surface area contributed by atoms with Crippen LogP contribution in [0.2, 0.25) is 0 Å². The van der Waals surface area contributed by atoms with Gasteiger partial charge in [-0.15, -0.1) is 0 Å². The van der Waals surface area contributed by atoms with Crippen molar-refractivity contribution in [2.75, 3.05) is 32.9 Å². The van der Waals surface area contributed by atoms with Gasteiger partial charge in [-0.1, -0.05) is 0 Å². The van der Waals surface area contributed by atoms with Crippen molar-refractivity contribution in [1.82, 2.24) is 10.2 Å². The van der Waals surface area contributed by atoms with Gasteiger partial charge in [-0.2, -0.15) is 0 Å². The smallest absolute Gasteiger partial charge is 0.320 e. The van der Waals surface area contributed by atoms with Crippen molar-refractivity contribution in [3.63, 3.8) is 0 Å². The summed E-state index contributed by atoms with van der Waals surface area (Å²) in [5.41, 5.74) is 0. The van der Waals surface area contributed by atoms with Gasteiger partial charge >= 0.3 is 5.97 Å². The van der Waals surface area contributed by atoms with E-state index in [2.05, 4.69) is 5.32 Å². The third-order valence-corrected chi connectivity index (χ3v) is 3.63. The van der Waals surface area contributed by atoms with E-state index in [1.807, 2.05) is 4.90 Å². The third kappa shape index (κ3) is 5.09. The minimum absolute atomic E-state index is 0.00639. The average Bonchev–Trinajstić information content (AvgIpc) is 3.23. The Kier molecular flexibility index (Phi) is 5.79. The van der Waals surface area contributed by atoms with E-state index in [4.69, 9.17) is 9.47 Å². The summed E-state index contributed by atoms with van der Waals surface area (Å²) in [6.07, 6.45) is 3.86. The van der Waals surface area contributed by atoms with Gasteiger partial charge in [-0.05, 0) is 32.6 Å². The number of nitrogens with zero attached hydrogens (tertiary/aromatic N) is 1. The molecule has 6 heteroatoms. The molecule has 0 aromatic carbocycles. The number of esters is 1. The summed E-state index contributed by atoms with van der Waals surface area (Å²) in [4.78, 5) is 25.5. The first-order valence-corrected chi connectivity index (χ1v) is 7.45. The molecule has 0 bridgehead atoms. The van der Waals surface area contributed by atoms with Crippen molar-refractivity contribution < 1.29 is 19.1 Å². The molecule has 1 saturated carbocycles. The highest BCUT2D eigenvalue weighted by atomic mass is 16.5. The number of ether oxygens (including phenoxy) is 2. The van der Waals surface area contributed by atoms with Crippen LogP contribution < -0.4 is 5.32 Å². The van der Waals surface area contributed by atoms with Crippen LogP contribution in [0.3, 0.4) is 0 Å². The molecule has 1 heterocycles. The van der Waals surface area contributed by atoms with Crippen LogP contribution in [0.25, 0.3) is 0 Å². The molecule has 0 atom stereocenters. The summed E-state index contributed by atoms with van der Waals surface area (Å²) < 4.78 is 10.2. The molecule has 2 fully saturated rings. The summed E-state index contributed by atoms with van der Waals surface area (Å²) in [5, 5.41) is 3.02. The minimum Gasteiger partial charge on any atom is -0.465 e. The Bertz CT molecular complexity index is 338. The average molecular weight is 284 g/mol. The van der Waals surface area contributed by atoms with E-state index < -0.39 is 0 Å². The molecule has 6 nitrogen and oxygen atoms in total. The standard InChI is InChI=1S/C14H24N2O4/c1-2-20-14(18)10-16(12-3-4-12)9-13(17)15-11-5-7-19-8-6-11/h11-12H,2-10H2,1H3,(H,15,17). The van der Waals surface area contributed by atoms with Crippen LogP contribution in [0, 0.1) is 0 Å². The second-order valence-electron chi connectivity index (χ2n) is 5.40. The zero-order valence-corrected chi connectivity index (χ0v) is 12.1. The monoisotopic (exact) mass is 284 g/mol. The highest BCUT2D eigenvalue weighted by molar-refractivity contribution is 5.79. The van der Waals surface area contributed by atoms with Gasteiger partial charge in [0.2, 0.25) is 5.91 Å². The maximum atomic E-state index is 12.0. The first-order chi connectivity index (χ1) is 9.69. The molecule has 0 aromatic rings. The summed E-state index contributed by atoms with van der Waals surface area (Å²) in [6.45, 7) is 4.07. The Hall–Kier alpha value is -1.14. The number of amides is 1. The first-order valence-electron chi connectivity index (χ1n) is 7.45. The Balaban J connectivity index is 1.75. The van der Waals surface area contributed by atoms with E-state index in [0.29, 0.717) is 25.9 Å². The van der Waals surface area contributed by atoms with Crippen LogP contribution in [0.1, 0.15) is 32.6 Å². The maximum absolute atomic E-state index is 12.0. The van der Waals surface area contributed by atoms with Crippen LogP contribution >= 0.6 is 0 Å². The number of carbonyl (C=O) groups is 2. The van der Waals surface area contributed by atoms with Crippen LogP contribution in [-0.4, -0.2) is 61.8 Å². The van der Waals surface area contributed by atoms with Gasteiger partial charge in [0.05, 0.1) is 19.7 Å². The lowest BCUT2D eigenvalue weighted by Gasteiger charge is -2.25. The van der Waals surface area contributed by atoms with Gasteiger partial charge in [0.15, 0.2) is 0 Å². The van der Waals surface area contributed by atoms with Gasteiger partial charge in [0.25, 0.3) is 0 Å². The summed E-state index contributed by atoms with van der Waals surface area (Å²) in [7, 11) is 0. The Morgan fingerprint density at radius 1 is 1.20 bits per heavy atom. The third-order valence-electron chi connectivity index (χ3n) is 3.63. The molecular formula is C14H24N2O4. The highest BCUT2D eigenvalue weighted by Crippen LogP contribution is 2.26. The topological polar surface area (TPSA) is 67.9 Å².